The van der Waals surface area contributed by atoms with Crippen molar-refractivity contribution in [3.05, 3.63) is 64.3 Å². The van der Waals surface area contributed by atoms with Crippen molar-refractivity contribution in [3.63, 3.8) is 0 Å². The lowest BCUT2D eigenvalue weighted by molar-refractivity contribution is 0.102. The standard InChI is InChI=1S/C18H16Cl2N4O2/c19-12-4-2-5-13(20)16(12)18(26)23-15-6-1-3-11-14(24-22-9-10-25)7-8-21-17(11)15/h1-8,22,25H,9-10H2,(H,21,24)(H,23,26). The summed E-state index contributed by atoms with van der Waals surface area (Å²) < 4.78 is 0. The number of hydrazine groups is 1. The zero-order valence-corrected chi connectivity index (χ0v) is 15.1. The van der Waals surface area contributed by atoms with Gasteiger partial charge in [0.15, 0.2) is 0 Å². The molecule has 0 bridgehead atoms. The zero-order valence-electron chi connectivity index (χ0n) is 13.6. The van der Waals surface area contributed by atoms with Crippen LogP contribution >= 0.6 is 23.2 Å². The molecule has 134 valence electrons. The largest absolute Gasteiger partial charge is 0.395 e. The molecule has 3 rings (SSSR count). The number of aliphatic hydroxyl groups excluding tert-OH is 1. The van der Waals surface area contributed by atoms with Crippen molar-refractivity contribution in [1.82, 2.24) is 10.4 Å². The number of nitrogens with one attached hydrogen (secondary N) is 3. The van der Waals surface area contributed by atoms with Gasteiger partial charge in [-0.3, -0.25) is 9.78 Å². The first-order valence-electron chi connectivity index (χ1n) is 7.84. The lowest BCUT2D eigenvalue weighted by Gasteiger charge is -2.13. The third-order valence-electron chi connectivity index (χ3n) is 3.67. The molecule has 2 aromatic carbocycles. The summed E-state index contributed by atoms with van der Waals surface area (Å²) in [5.74, 6) is -0.410. The van der Waals surface area contributed by atoms with E-state index in [1.807, 2.05) is 12.1 Å². The van der Waals surface area contributed by atoms with E-state index in [0.29, 0.717) is 17.7 Å². The van der Waals surface area contributed by atoms with Crippen molar-refractivity contribution < 1.29 is 9.90 Å². The molecule has 8 heteroatoms. The number of halogens is 2. The molecule has 26 heavy (non-hydrogen) atoms. The number of pyridine rings is 1. The fourth-order valence-corrected chi connectivity index (χ4v) is 3.07. The first kappa shape index (κ1) is 18.4. The number of hydrogen-bond donors (Lipinski definition) is 4. The number of rotatable bonds is 6. The average Bonchev–Trinajstić information content (AvgIpc) is 2.62. The van der Waals surface area contributed by atoms with Crippen LogP contribution in [0.5, 0.6) is 0 Å². The van der Waals surface area contributed by atoms with Crippen LogP contribution in [-0.4, -0.2) is 29.1 Å². The first-order valence-corrected chi connectivity index (χ1v) is 8.60. The van der Waals surface area contributed by atoms with E-state index >= 15 is 0 Å². The number of aliphatic hydroxyl groups is 1. The summed E-state index contributed by atoms with van der Waals surface area (Å²) in [5, 5.41) is 13.0. The molecule has 6 nitrogen and oxygen atoms in total. The van der Waals surface area contributed by atoms with Gasteiger partial charge in [0.05, 0.1) is 39.1 Å². The maximum absolute atomic E-state index is 12.6. The van der Waals surface area contributed by atoms with Crippen molar-refractivity contribution in [2.75, 3.05) is 23.9 Å². The molecule has 1 amide bonds. The zero-order chi connectivity index (χ0) is 18.5. The summed E-state index contributed by atoms with van der Waals surface area (Å²) in [6.07, 6.45) is 1.63. The van der Waals surface area contributed by atoms with E-state index in [2.05, 4.69) is 21.2 Å². The highest BCUT2D eigenvalue weighted by Gasteiger charge is 2.16. The fourth-order valence-electron chi connectivity index (χ4n) is 2.50. The molecule has 0 unspecified atom stereocenters. The van der Waals surface area contributed by atoms with Crippen LogP contribution in [0.2, 0.25) is 10.0 Å². The topological polar surface area (TPSA) is 86.3 Å². The van der Waals surface area contributed by atoms with E-state index in [1.54, 1.807) is 36.5 Å². The Balaban J connectivity index is 1.93. The maximum atomic E-state index is 12.6. The molecule has 1 aromatic heterocycles. The van der Waals surface area contributed by atoms with E-state index in [-0.39, 0.29) is 22.2 Å². The Kier molecular flexibility index (Phi) is 5.90. The molecule has 3 aromatic rings. The molecule has 0 spiro atoms. The van der Waals surface area contributed by atoms with E-state index in [4.69, 9.17) is 28.3 Å². The Hall–Kier alpha value is -2.38. The van der Waals surface area contributed by atoms with Gasteiger partial charge >= 0.3 is 0 Å². The summed E-state index contributed by atoms with van der Waals surface area (Å²) in [5.41, 5.74) is 8.04. The van der Waals surface area contributed by atoms with Gasteiger partial charge < -0.3 is 15.8 Å². The minimum atomic E-state index is -0.410. The van der Waals surface area contributed by atoms with Crippen molar-refractivity contribution in [2.24, 2.45) is 0 Å². The van der Waals surface area contributed by atoms with Gasteiger partial charge in [-0.05, 0) is 24.3 Å². The molecule has 0 aliphatic heterocycles. The van der Waals surface area contributed by atoms with Crippen molar-refractivity contribution in [2.45, 2.75) is 0 Å². The Morgan fingerprint density at radius 2 is 1.77 bits per heavy atom. The smallest absolute Gasteiger partial charge is 0.258 e. The number of nitrogens with zero attached hydrogens (tertiary/aromatic N) is 1. The van der Waals surface area contributed by atoms with Crippen LogP contribution in [0.15, 0.2) is 48.7 Å². The second-order valence-electron chi connectivity index (χ2n) is 5.39. The number of amides is 1. The summed E-state index contributed by atoms with van der Waals surface area (Å²) in [6, 6.07) is 12.1. The lowest BCUT2D eigenvalue weighted by Crippen LogP contribution is -2.25. The Morgan fingerprint density at radius 3 is 2.50 bits per heavy atom. The van der Waals surface area contributed by atoms with Gasteiger partial charge in [-0.1, -0.05) is 41.4 Å². The molecular formula is C18H16Cl2N4O2. The normalized spacial score (nSPS) is 10.7. The third-order valence-corrected chi connectivity index (χ3v) is 4.30. The molecule has 0 saturated heterocycles. The Morgan fingerprint density at radius 1 is 1.04 bits per heavy atom. The Labute approximate surface area is 160 Å². The van der Waals surface area contributed by atoms with E-state index in [9.17, 15) is 4.79 Å². The molecule has 0 aliphatic carbocycles. The second kappa shape index (κ2) is 8.33. The number of hydrogen-bond acceptors (Lipinski definition) is 5. The predicted octanol–water partition coefficient (Wildman–Crippen LogP) is 3.70. The van der Waals surface area contributed by atoms with Crippen LogP contribution in [0.1, 0.15) is 10.4 Å². The quantitative estimate of drug-likeness (QED) is 0.380. The highest BCUT2D eigenvalue weighted by atomic mass is 35.5. The van der Waals surface area contributed by atoms with E-state index < -0.39 is 5.91 Å². The summed E-state index contributed by atoms with van der Waals surface area (Å²) >= 11 is 12.2. The highest BCUT2D eigenvalue weighted by molar-refractivity contribution is 6.40. The highest BCUT2D eigenvalue weighted by Crippen LogP contribution is 2.29. The summed E-state index contributed by atoms with van der Waals surface area (Å²) in [4.78, 5) is 17.0. The fraction of sp³-hybridized carbons (Fsp3) is 0.111. The van der Waals surface area contributed by atoms with Gasteiger partial charge in [0.2, 0.25) is 0 Å². The molecule has 0 atom stereocenters. The number of carbonyl (C=O) groups is 1. The number of para-hydroxylation sites is 1. The van der Waals surface area contributed by atoms with Crippen molar-refractivity contribution in [1.29, 1.82) is 0 Å². The maximum Gasteiger partial charge on any atom is 0.258 e. The summed E-state index contributed by atoms with van der Waals surface area (Å²) in [7, 11) is 0. The molecule has 0 aliphatic rings. The molecule has 0 radical (unpaired) electrons. The van der Waals surface area contributed by atoms with Crippen molar-refractivity contribution in [3.8, 4) is 0 Å². The van der Waals surface area contributed by atoms with Crippen LogP contribution < -0.4 is 16.2 Å². The number of anilines is 2. The van der Waals surface area contributed by atoms with Crippen LogP contribution in [0.3, 0.4) is 0 Å². The number of benzene rings is 2. The summed E-state index contributed by atoms with van der Waals surface area (Å²) in [6.45, 7) is 0.404. The van der Waals surface area contributed by atoms with Crippen LogP contribution in [-0.2, 0) is 0 Å². The van der Waals surface area contributed by atoms with Crippen LogP contribution in [0.25, 0.3) is 10.9 Å². The van der Waals surface area contributed by atoms with Gasteiger partial charge in [-0.2, -0.15) is 0 Å². The number of fused-ring (bicyclic) bond motifs is 1. The molecular weight excluding hydrogens is 375 g/mol. The number of carbonyl (C=O) groups excluding carboxylic acids is 1. The SMILES string of the molecule is O=C(Nc1cccc2c(NNCCO)ccnc12)c1c(Cl)cccc1Cl. The predicted molar refractivity (Wildman–Crippen MR) is 105 cm³/mol. The number of aromatic nitrogens is 1. The molecule has 0 saturated carbocycles. The molecule has 4 N–H and O–H groups in total. The first-order chi connectivity index (χ1) is 12.6. The van der Waals surface area contributed by atoms with Crippen LogP contribution in [0, 0.1) is 0 Å². The third kappa shape index (κ3) is 3.89. The van der Waals surface area contributed by atoms with Gasteiger partial charge in [-0.15, -0.1) is 0 Å². The van der Waals surface area contributed by atoms with Gasteiger partial charge in [0.1, 0.15) is 0 Å². The van der Waals surface area contributed by atoms with Gasteiger partial charge in [0.25, 0.3) is 5.91 Å². The monoisotopic (exact) mass is 390 g/mol. The van der Waals surface area contributed by atoms with Gasteiger partial charge in [-0.25, -0.2) is 5.43 Å². The molecule has 0 fully saturated rings. The van der Waals surface area contributed by atoms with Crippen molar-refractivity contribution >= 4 is 51.4 Å². The van der Waals surface area contributed by atoms with E-state index in [1.165, 1.54) is 0 Å². The minimum Gasteiger partial charge on any atom is -0.395 e. The van der Waals surface area contributed by atoms with Crippen LogP contribution in [0.4, 0.5) is 11.4 Å². The average molecular weight is 391 g/mol. The molecule has 1 heterocycles. The van der Waals surface area contributed by atoms with Gasteiger partial charge in [0, 0.05) is 18.1 Å². The second-order valence-corrected chi connectivity index (χ2v) is 6.20. The minimum absolute atomic E-state index is 0.00984. The van der Waals surface area contributed by atoms with E-state index in [0.717, 1.165) is 11.1 Å². The lowest BCUT2D eigenvalue weighted by atomic mass is 10.1. The Bertz CT molecular complexity index is 929.